The van der Waals surface area contributed by atoms with E-state index in [-0.39, 0.29) is 11.9 Å². The molecule has 2 unspecified atom stereocenters. The first kappa shape index (κ1) is 16.1. The lowest BCUT2D eigenvalue weighted by molar-refractivity contribution is 0.0932. The maximum atomic E-state index is 12.2. The molecule has 2 N–H and O–H groups in total. The highest BCUT2D eigenvalue weighted by Gasteiger charge is 2.28. The zero-order valence-corrected chi connectivity index (χ0v) is 13.6. The minimum absolute atomic E-state index is 0.113. The number of carbonyl (C=O) groups is 1. The molecule has 21 heavy (non-hydrogen) atoms. The summed E-state index contributed by atoms with van der Waals surface area (Å²) in [5.74, 6) is 1.70. The van der Waals surface area contributed by atoms with Crippen LogP contribution in [0.4, 0.5) is 5.82 Å². The van der Waals surface area contributed by atoms with E-state index in [1.807, 2.05) is 17.8 Å². The summed E-state index contributed by atoms with van der Waals surface area (Å²) in [5.41, 5.74) is 0.393. The number of nitrogens with one attached hydrogen (secondary N) is 2. The van der Waals surface area contributed by atoms with Gasteiger partial charge in [0.05, 0.1) is 0 Å². The third-order valence-electron chi connectivity index (χ3n) is 3.60. The van der Waals surface area contributed by atoms with Gasteiger partial charge in [-0.1, -0.05) is 20.3 Å². The van der Waals surface area contributed by atoms with Crippen molar-refractivity contribution in [1.82, 2.24) is 15.5 Å². The first-order valence-electron chi connectivity index (χ1n) is 7.74. The summed E-state index contributed by atoms with van der Waals surface area (Å²) >= 11 is 1.93. The molecule has 0 spiro atoms. The molecule has 0 aromatic carbocycles. The average molecular weight is 308 g/mol. The first-order chi connectivity index (χ1) is 10.2. The molecule has 0 radical (unpaired) electrons. The number of hydrogen-bond acceptors (Lipinski definition) is 5. The van der Waals surface area contributed by atoms with E-state index in [1.54, 1.807) is 6.07 Å². The van der Waals surface area contributed by atoms with Crippen molar-refractivity contribution in [2.45, 2.75) is 50.8 Å². The van der Waals surface area contributed by atoms with Crippen LogP contribution in [0.25, 0.3) is 0 Å². The highest BCUT2D eigenvalue weighted by Crippen LogP contribution is 2.29. The number of hydrogen-bond donors (Lipinski definition) is 2. The summed E-state index contributed by atoms with van der Waals surface area (Å²) < 4.78 is 0. The third-order valence-corrected chi connectivity index (χ3v) is 4.93. The van der Waals surface area contributed by atoms with Crippen LogP contribution in [0.1, 0.15) is 50.0 Å². The van der Waals surface area contributed by atoms with Crippen molar-refractivity contribution < 1.29 is 4.79 Å². The standard InChI is InChI=1S/C15H24N4OS/c1-3-10-16-14-9-8-12(18-19-14)15(20)17-11-6-5-7-13(11)21-4-2/h8-9,11,13H,3-7,10H2,1-2H3,(H,16,19)(H,17,20). The molecule has 6 heteroatoms. The topological polar surface area (TPSA) is 66.9 Å². The summed E-state index contributed by atoms with van der Waals surface area (Å²) in [7, 11) is 0. The van der Waals surface area contributed by atoms with Crippen molar-refractivity contribution in [2.75, 3.05) is 17.6 Å². The monoisotopic (exact) mass is 308 g/mol. The molecule has 2 rings (SSSR count). The number of aromatic nitrogens is 2. The number of amides is 1. The minimum Gasteiger partial charge on any atom is -0.369 e. The second-order valence-electron chi connectivity index (χ2n) is 5.24. The van der Waals surface area contributed by atoms with E-state index >= 15 is 0 Å². The molecule has 1 aromatic heterocycles. The Balaban J connectivity index is 1.90. The quantitative estimate of drug-likeness (QED) is 0.810. The van der Waals surface area contributed by atoms with Gasteiger partial charge < -0.3 is 10.6 Å². The Labute approximate surface area is 130 Å². The van der Waals surface area contributed by atoms with Crippen molar-refractivity contribution >= 4 is 23.5 Å². The van der Waals surface area contributed by atoms with Gasteiger partial charge >= 0.3 is 0 Å². The van der Waals surface area contributed by atoms with Crippen LogP contribution in [0.3, 0.4) is 0 Å². The summed E-state index contributed by atoms with van der Waals surface area (Å²) in [6.07, 6.45) is 4.47. The molecule has 1 amide bonds. The normalized spacial score (nSPS) is 21.2. The summed E-state index contributed by atoms with van der Waals surface area (Å²) in [6.45, 7) is 5.11. The number of thioether (sulfide) groups is 1. The van der Waals surface area contributed by atoms with Crippen LogP contribution in [0.2, 0.25) is 0 Å². The van der Waals surface area contributed by atoms with Crippen molar-refractivity contribution in [3.8, 4) is 0 Å². The van der Waals surface area contributed by atoms with Gasteiger partial charge in [-0.05, 0) is 37.1 Å². The Bertz CT molecular complexity index is 451. The molecule has 0 aliphatic heterocycles. The molecular formula is C15H24N4OS. The van der Waals surface area contributed by atoms with Gasteiger partial charge in [0.25, 0.3) is 5.91 Å². The van der Waals surface area contributed by atoms with Crippen LogP contribution in [0.5, 0.6) is 0 Å². The lowest BCUT2D eigenvalue weighted by atomic mass is 10.2. The summed E-state index contributed by atoms with van der Waals surface area (Å²) in [6, 6.07) is 3.81. The number of rotatable bonds is 7. The van der Waals surface area contributed by atoms with Crippen LogP contribution in [0.15, 0.2) is 12.1 Å². The Morgan fingerprint density at radius 3 is 2.86 bits per heavy atom. The molecule has 1 heterocycles. The van der Waals surface area contributed by atoms with E-state index in [9.17, 15) is 4.79 Å². The van der Waals surface area contributed by atoms with E-state index < -0.39 is 0 Å². The van der Waals surface area contributed by atoms with Gasteiger partial charge in [-0.3, -0.25) is 4.79 Å². The molecule has 2 atom stereocenters. The fourth-order valence-corrected chi connectivity index (χ4v) is 3.75. The molecular weight excluding hydrogens is 284 g/mol. The van der Waals surface area contributed by atoms with Crippen molar-refractivity contribution in [3.05, 3.63) is 17.8 Å². The molecule has 1 aromatic rings. The predicted molar refractivity (Wildman–Crippen MR) is 87.8 cm³/mol. The van der Waals surface area contributed by atoms with Crippen molar-refractivity contribution in [1.29, 1.82) is 0 Å². The Hall–Kier alpha value is -1.30. The van der Waals surface area contributed by atoms with E-state index in [2.05, 4.69) is 34.7 Å². The zero-order chi connectivity index (χ0) is 15.1. The summed E-state index contributed by atoms with van der Waals surface area (Å²) in [5, 5.41) is 14.9. The lowest BCUT2D eigenvalue weighted by Crippen LogP contribution is -2.39. The second-order valence-corrected chi connectivity index (χ2v) is 6.75. The highest BCUT2D eigenvalue weighted by molar-refractivity contribution is 7.99. The van der Waals surface area contributed by atoms with Crippen LogP contribution in [0, 0.1) is 0 Å². The maximum Gasteiger partial charge on any atom is 0.272 e. The molecule has 1 aliphatic rings. The SMILES string of the molecule is CCCNc1ccc(C(=O)NC2CCCC2SCC)nn1. The lowest BCUT2D eigenvalue weighted by Gasteiger charge is -2.19. The molecule has 0 saturated heterocycles. The number of anilines is 1. The van der Waals surface area contributed by atoms with Crippen molar-refractivity contribution in [3.63, 3.8) is 0 Å². The maximum absolute atomic E-state index is 12.2. The zero-order valence-electron chi connectivity index (χ0n) is 12.8. The number of carbonyl (C=O) groups excluding carboxylic acids is 1. The van der Waals surface area contributed by atoms with Crippen molar-refractivity contribution in [2.24, 2.45) is 0 Å². The smallest absolute Gasteiger partial charge is 0.272 e. The molecule has 1 saturated carbocycles. The Morgan fingerprint density at radius 2 is 2.19 bits per heavy atom. The van der Waals surface area contributed by atoms with Gasteiger partial charge in [-0.25, -0.2) is 0 Å². The van der Waals surface area contributed by atoms with Crippen LogP contribution >= 0.6 is 11.8 Å². The van der Waals surface area contributed by atoms with E-state index in [0.29, 0.717) is 16.8 Å². The van der Waals surface area contributed by atoms with Gasteiger partial charge in [0, 0.05) is 17.8 Å². The molecule has 1 aliphatic carbocycles. The van der Waals surface area contributed by atoms with E-state index in [1.165, 1.54) is 12.8 Å². The molecule has 5 nitrogen and oxygen atoms in total. The fourth-order valence-electron chi connectivity index (χ4n) is 2.55. The predicted octanol–water partition coefficient (Wildman–Crippen LogP) is 2.70. The highest BCUT2D eigenvalue weighted by atomic mass is 32.2. The molecule has 116 valence electrons. The van der Waals surface area contributed by atoms with E-state index in [4.69, 9.17) is 0 Å². The minimum atomic E-state index is -0.113. The Kier molecular flexibility index (Phi) is 6.29. The molecule has 1 fully saturated rings. The summed E-state index contributed by atoms with van der Waals surface area (Å²) in [4.78, 5) is 12.2. The third kappa shape index (κ3) is 4.59. The largest absolute Gasteiger partial charge is 0.369 e. The van der Waals surface area contributed by atoms with Crippen LogP contribution in [-0.2, 0) is 0 Å². The van der Waals surface area contributed by atoms with Crippen LogP contribution in [-0.4, -0.2) is 39.7 Å². The second kappa shape index (κ2) is 8.22. The Morgan fingerprint density at radius 1 is 1.33 bits per heavy atom. The first-order valence-corrected chi connectivity index (χ1v) is 8.79. The van der Waals surface area contributed by atoms with E-state index in [0.717, 1.165) is 25.1 Å². The average Bonchev–Trinajstić information content (AvgIpc) is 2.93. The van der Waals surface area contributed by atoms with Gasteiger partial charge in [-0.15, -0.1) is 10.2 Å². The fraction of sp³-hybridized carbons (Fsp3) is 0.667. The van der Waals surface area contributed by atoms with Gasteiger partial charge in [0.1, 0.15) is 5.82 Å². The van der Waals surface area contributed by atoms with Gasteiger partial charge in [-0.2, -0.15) is 11.8 Å². The van der Waals surface area contributed by atoms with Crippen LogP contribution < -0.4 is 10.6 Å². The number of nitrogens with zero attached hydrogens (tertiary/aromatic N) is 2. The van der Waals surface area contributed by atoms with Gasteiger partial charge in [0.2, 0.25) is 0 Å². The molecule has 0 bridgehead atoms. The van der Waals surface area contributed by atoms with Gasteiger partial charge in [0.15, 0.2) is 5.69 Å².